The molecule has 0 aromatic carbocycles. The van der Waals surface area contributed by atoms with Crippen molar-refractivity contribution >= 4 is 5.97 Å². The summed E-state index contributed by atoms with van der Waals surface area (Å²) in [5.41, 5.74) is 0.145. The van der Waals surface area contributed by atoms with E-state index in [9.17, 15) is 4.79 Å². The van der Waals surface area contributed by atoms with Crippen molar-refractivity contribution in [3.05, 3.63) is 12.2 Å². The van der Waals surface area contributed by atoms with E-state index in [4.69, 9.17) is 9.78 Å². The van der Waals surface area contributed by atoms with Crippen molar-refractivity contribution in [2.24, 2.45) is 23.7 Å². The normalized spacial score (nSPS) is 53.8. The first kappa shape index (κ1) is 9.23. The maximum atomic E-state index is 11.5. The lowest BCUT2D eigenvalue weighted by Gasteiger charge is -2.57. The molecule has 0 N–H and O–H groups in total. The number of rotatable bonds is 0. The third-order valence-corrected chi connectivity index (χ3v) is 5.32. The molecule has 0 atom stereocenters. The Balaban J connectivity index is 1.79. The van der Waals surface area contributed by atoms with Crippen LogP contribution in [0.15, 0.2) is 12.2 Å². The van der Waals surface area contributed by atoms with Crippen LogP contribution in [0.4, 0.5) is 0 Å². The predicted molar refractivity (Wildman–Crippen MR) is 56.1 cm³/mol. The summed E-state index contributed by atoms with van der Waals surface area (Å²) in [5.74, 6) is 2.33. The van der Waals surface area contributed by atoms with E-state index in [1.807, 2.05) is 0 Å². The highest BCUT2D eigenvalue weighted by Gasteiger charge is 2.64. The quantitative estimate of drug-likeness (QED) is 0.464. The fraction of sp³-hybridized carbons (Fsp3) is 0.769. The first-order valence-corrected chi connectivity index (χ1v) is 6.29. The molecule has 3 heteroatoms. The fourth-order valence-corrected chi connectivity index (χ4v) is 4.88. The van der Waals surface area contributed by atoms with Crippen LogP contribution in [0.5, 0.6) is 0 Å². The van der Waals surface area contributed by atoms with Crippen LogP contribution in [0.25, 0.3) is 0 Å². The van der Waals surface area contributed by atoms with Gasteiger partial charge < -0.3 is 0 Å². The van der Waals surface area contributed by atoms with Crippen molar-refractivity contribution < 1.29 is 14.6 Å². The Hall–Kier alpha value is -0.830. The lowest BCUT2D eigenvalue weighted by molar-refractivity contribution is -0.336. The molecule has 1 heterocycles. The zero-order chi connectivity index (χ0) is 10.9. The summed E-state index contributed by atoms with van der Waals surface area (Å²) in [6.07, 6.45) is 6.18. The van der Waals surface area contributed by atoms with Crippen molar-refractivity contribution in [3.8, 4) is 0 Å². The van der Waals surface area contributed by atoms with Gasteiger partial charge >= 0.3 is 5.97 Å². The van der Waals surface area contributed by atoms with Crippen molar-refractivity contribution in [2.75, 3.05) is 0 Å². The lowest BCUT2D eigenvalue weighted by Crippen LogP contribution is -2.58. The van der Waals surface area contributed by atoms with Gasteiger partial charge in [-0.3, -0.25) is 4.89 Å². The summed E-state index contributed by atoms with van der Waals surface area (Å²) in [7, 11) is 0. The number of carbonyl (C=O) groups is 1. The van der Waals surface area contributed by atoms with Gasteiger partial charge in [0.25, 0.3) is 0 Å². The standard InChI is InChI=1S/C13H16O3/c1-7-12(14)15-16-13(7)10-3-8-2-9(5-10)6-11(13)4-8/h8-11H,1-6H2. The molecule has 1 aliphatic heterocycles. The molecular weight excluding hydrogens is 204 g/mol. The Morgan fingerprint density at radius 1 is 1.06 bits per heavy atom. The van der Waals surface area contributed by atoms with Gasteiger partial charge in [-0.05, 0) is 55.8 Å². The summed E-state index contributed by atoms with van der Waals surface area (Å²) in [4.78, 5) is 21.8. The number of carbonyl (C=O) groups excluding carboxylic acids is 1. The SMILES string of the molecule is C=C1C(=O)OOC12C1CC3CC(C1)CC2C3. The third kappa shape index (κ3) is 0.877. The van der Waals surface area contributed by atoms with Crippen LogP contribution in [0, 0.1) is 23.7 Å². The minimum Gasteiger partial charge on any atom is -0.292 e. The lowest BCUT2D eigenvalue weighted by atomic mass is 9.48. The zero-order valence-electron chi connectivity index (χ0n) is 9.28. The van der Waals surface area contributed by atoms with Gasteiger partial charge in [-0.2, -0.15) is 4.89 Å². The molecule has 16 heavy (non-hydrogen) atoms. The van der Waals surface area contributed by atoms with Crippen LogP contribution in [0.3, 0.4) is 0 Å². The molecule has 0 aromatic rings. The average Bonchev–Trinajstić information content (AvgIpc) is 2.54. The maximum absolute atomic E-state index is 11.5. The summed E-state index contributed by atoms with van der Waals surface area (Å²) in [5, 5.41) is 0. The molecule has 0 amide bonds. The highest BCUT2D eigenvalue weighted by atomic mass is 17.2. The van der Waals surface area contributed by atoms with Gasteiger partial charge in [0, 0.05) is 0 Å². The van der Waals surface area contributed by atoms with Crippen LogP contribution >= 0.6 is 0 Å². The van der Waals surface area contributed by atoms with Crippen LogP contribution in [0.2, 0.25) is 0 Å². The van der Waals surface area contributed by atoms with Gasteiger partial charge in [0.2, 0.25) is 0 Å². The number of hydrogen-bond acceptors (Lipinski definition) is 3. The smallest absolute Gasteiger partial charge is 0.292 e. The van der Waals surface area contributed by atoms with E-state index in [0.29, 0.717) is 17.4 Å². The molecule has 0 aromatic heterocycles. The molecule has 5 fully saturated rings. The first-order valence-electron chi connectivity index (χ1n) is 6.29. The maximum Gasteiger partial charge on any atom is 0.371 e. The second-order valence-corrected chi connectivity index (χ2v) is 6.03. The third-order valence-electron chi connectivity index (χ3n) is 5.32. The summed E-state index contributed by atoms with van der Waals surface area (Å²) >= 11 is 0. The molecule has 1 saturated heterocycles. The van der Waals surface area contributed by atoms with Gasteiger partial charge in [-0.25, -0.2) is 4.79 Å². The minimum atomic E-state index is -0.440. The summed E-state index contributed by atoms with van der Waals surface area (Å²) < 4.78 is 0. The van der Waals surface area contributed by atoms with Crippen molar-refractivity contribution in [2.45, 2.75) is 37.7 Å². The number of hydrogen-bond donors (Lipinski definition) is 0. The van der Waals surface area contributed by atoms with E-state index >= 15 is 0 Å². The topological polar surface area (TPSA) is 35.5 Å². The Morgan fingerprint density at radius 2 is 1.62 bits per heavy atom. The zero-order valence-corrected chi connectivity index (χ0v) is 9.28. The molecule has 0 radical (unpaired) electrons. The second kappa shape index (κ2) is 2.70. The van der Waals surface area contributed by atoms with Gasteiger partial charge in [0.15, 0.2) is 5.60 Å². The van der Waals surface area contributed by atoms with Crippen LogP contribution in [-0.2, 0) is 14.6 Å². The molecular formula is C13H16O3. The van der Waals surface area contributed by atoms with E-state index < -0.39 is 5.60 Å². The molecule has 4 saturated carbocycles. The summed E-state index contributed by atoms with van der Waals surface area (Å²) in [6, 6.07) is 0. The van der Waals surface area contributed by atoms with Gasteiger partial charge in [-0.15, -0.1) is 0 Å². The van der Waals surface area contributed by atoms with Crippen LogP contribution in [0.1, 0.15) is 32.1 Å². The van der Waals surface area contributed by atoms with Gasteiger partial charge in [0.05, 0.1) is 5.57 Å². The monoisotopic (exact) mass is 220 g/mol. The minimum absolute atomic E-state index is 0.340. The molecule has 5 aliphatic rings. The second-order valence-electron chi connectivity index (χ2n) is 6.03. The van der Waals surface area contributed by atoms with Crippen LogP contribution in [-0.4, -0.2) is 11.6 Å². The predicted octanol–water partition coefficient (Wildman–Crippen LogP) is 2.23. The van der Waals surface area contributed by atoms with E-state index in [1.165, 1.54) is 32.1 Å². The Bertz CT molecular complexity index is 357. The molecule has 86 valence electrons. The highest BCUT2D eigenvalue weighted by molar-refractivity contribution is 5.91. The highest BCUT2D eigenvalue weighted by Crippen LogP contribution is 2.62. The van der Waals surface area contributed by atoms with E-state index in [2.05, 4.69) is 6.58 Å². The molecule has 5 rings (SSSR count). The molecule has 0 unspecified atom stereocenters. The molecule has 1 spiro atoms. The summed E-state index contributed by atoms with van der Waals surface area (Å²) in [6.45, 7) is 3.93. The van der Waals surface area contributed by atoms with E-state index in [0.717, 1.165) is 11.8 Å². The molecule has 4 bridgehead atoms. The molecule has 4 aliphatic carbocycles. The molecule has 3 nitrogen and oxygen atoms in total. The largest absolute Gasteiger partial charge is 0.371 e. The van der Waals surface area contributed by atoms with Crippen molar-refractivity contribution in [3.63, 3.8) is 0 Å². The van der Waals surface area contributed by atoms with Crippen molar-refractivity contribution in [1.82, 2.24) is 0 Å². The Morgan fingerprint density at radius 3 is 2.06 bits per heavy atom. The fourth-order valence-electron chi connectivity index (χ4n) is 4.88. The van der Waals surface area contributed by atoms with Gasteiger partial charge in [-0.1, -0.05) is 6.58 Å². The first-order chi connectivity index (χ1) is 7.70. The van der Waals surface area contributed by atoms with Crippen molar-refractivity contribution in [1.29, 1.82) is 0 Å². The van der Waals surface area contributed by atoms with E-state index in [1.54, 1.807) is 0 Å². The van der Waals surface area contributed by atoms with Gasteiger partial charge in [0.1, 0.15) is 0 Å². The average molecular weight is 220 g/mol. The van der Waals surface area contributed by atoms with Crippen LogP contribution < -0.4 is 0 Å². The Kier molecular flexibility index (Phi) is 1.56. The Labute approximate surface area is 94.7 Å². The van der Waals surface area contributed by atoms with E-state index in [-0.39, 0.29) is 5.97 Å².